The monoisotopic (exact) mass is 391 g/mol. The molecular formula is C23H21NO5. The van der Waals surface area contributed by atoms with Crippen LogP contribution in [0, 0.1) is 6.92 Å². The largest absolute Gasteiger partial charge is 0.463 e. The molecular weight excluding hydrogens is 370 g/mol. The number of hydrogen-bond donors (Lipinski definition) is 1. The number of aryl methyl sites for hydroxylation is 1. The van der Waals surface area contributed by atoms with Gasteiger partial charge in [0.25, 0.3) is 0 Å². The summed E-state index contributed by atoms with van der Waals surface area (Å²) in [5.41, 5.74) is 3.22. The van der Waals surface area contributed by atoms with E-state index in [1.54, 1.807) is 6.26 Å². The number of nitrogens with zero attached hydrogens (tertiary/aromatic N) is 1. The molecule has 148 valence electrons. The number of aliphatic hydroxyl groups excluding tert-OH is 1. The molecule has 1 fully saturated rings. The average Bonchev–Trinajstić information content (AvgIpc) is 3.15. The Kier molecular flexibility index (Phi) is 4.35. The normalized spacial score (nSPS) is 19.4. The van der Waals surface area contributed by atoms with Gasteiger partial charge in [-0.1, -0.05) is 24.3 Å². The molecule has 6 heteroatoms. The minimum absolute atomic E-state index is 0.0444. The topological polar surface area (TPSA) is 80.0 Å². The first-order valence-corrected chi connectivity index (χ1v) is 9.75. The van der Waals surface area contributed by atoms with Crippen LogP contribution in [0.1, 0.15) is 31.8 Å². The Labute approximate surface area is 167 Å². The fraction of sp³-hybridized carbons (Fsp3) is 0.304. The highest BCUT2D eigenvalue weighted by Gasteiger charge is 2.37. The molecule has 1 saturated heterocycles. The molecule has 5 rings (SSSR count). The fourth-order valence-electron chi connectivity index (χ4n) is 4.41. The second kappa shape index (κ2) is 6.91. The third-order valence-corrected chi connectivity index (χ3v) is 5.87. The molecule has 2 aromatic carbocycles. The van der Waals surface area contributed by atoms with Crippen molar-refractivity contribution in [3.8, 4) is 11.3 Å². The van der Waals surface area contributed by atoms with Crippen molar-refractivity contribution in [1.29, 1.82) is 0 Å². The Morgan fingerprint density at radius 2 is 1.93 bits per heavy atom. The predicted molar refractivity (Wildman–Crippen MR) is 107 cm³/mol. The minimum Gasteiger partial charge on any atom is -0.463 e. The van der Waals surface area contributed by atoms with Gasteiger partial charge in [0.2, 0.25) is 11.6 Å². The van der Waals surface area contributed by atoms with Gasteiger partial charge in [0, 0.05) is 36.3 Å². The van der Waals surface area contributed by atoms with E-state index in [-0.39, 0.29) is 12.7 Å². The van der Waals surface area contributed by atoms with E-state index in [1.807, 2.05) is 37.3 Å². The Morgan fingerprint density at radius 1 is 1.10 bits per heavy atom. The predicted octanol–water partition coefficient (Wildman–Crippen LogP) is 2.98. The van der Waals surface area contributed by atoms with Gasteiger partial charge in [0.1, 0.15) is 5.76 Å². The van der Waals surface area contributed by atoms with Gasteiger partial charge in [0.15, 0.2) is 0 Å². The summed E-state index contributed by atoms with van der Waals surface area (Å²) < 4.78 is 11.3. The number of Topliss-reactive ketones (excluding diaryl/α,β-unsaturated/α-hetero) is 2. The number of carbonyl (C=O) groups is 2. The first-order chi connectivity index (χ1) is 14.1. The molecule has 3 aromatic rings. The van der Waals surface area contributed by atoms with Gasteiger partial charge in [-0.25, -0.2) is 0 Å². The lowest BCUT2D eigenvalue weighted by atomic mass is 9.83. The molecule has 2 aliphatic rings. The molecule has 6 nitrogen and oxygen atoms in total. The van der Waals surface area contributed by atoms with Crippen LogP contribution in [0.2, 0.25) is 0 Å². The number of ether oxygens (including phenoxy) is 1. The summed E-state index contributed by atoms with van der Waals surface area (Å²) in [7, 11) is 0. The standard InChI is InChI=1S/C23H21NO5/c1-13-3-2-4-17-16(13)5-6-18-20(17)22(27)21(26)19-14(12-29-23(18)19)9-24-7-8-28-15(10-24)11-25/h2-6,12,15,25H,7-11H2,1H3/t15-/m0/s1. The maximum atomic E-state index is 13.1. The lowest BCUT2D eigenvalue weighted by Gasteiger charge is -2.31. The first kappa shape index (κ1) is 18.2. The molecule has 29 heavy (non-hydrogen) atoms. The van der Waals surface area contributed by atoms with Gasteiger partial charge in [0.05, 0.1) is 31.1 Å². The van der Waals surface area contributed by atoms with Crippen molar-refractivity contribution in [2.45, 2.75) is 19.6 Å². The van der Waals surface area contributed by atoms with Crippen LogP contribution in [0.25, 0.3) is 22.1 Å². The molecule has 1 N–H and O–H groups in total. The SMILES string of the molecule is Cc1cccc2c3c(ccc12)-c1occ(CN2CCO[C@H](CO)C2)c1C(=O)C3=O. The zero-order valence-electron chi connectivity index (χ0n) is 16.1. The fourth-order valence-corrected chi connectivity index (χ4v) is 4.41. The molecule has 0 spiro atoms. The molecule has 2 heterocycles. The van der Waals surface area contributed by atoms with Crippen LogP contribution in [0.3, 0.4) is 0 Å². The van der Waals surface area contributed by atoms with Crippen LogP contribution in [-0.2, 0) is 11.3 Å². The van der Waals surface area contributed by atoms with E-state index in [4.69, 9.17) is 9.15 Å². The number of fused-ring (bicyclic) bond motifs is 5. The van der Waals surface area contributed by atoms with Crippen LogP contribution < -0.4 is 0 Å². The van der Waals surface area contributed by atoms with Crippen molar-refractivity contribution in [2.75, 3.05) is 26.3 Å². The maximum absolute atomic E-state index is 13.1. The zero-order valence-corrected chi connectivity index (χ0v) is 16.1. The van der Waals surface area contributed by atoms with E-state index in [1.165, 1.54) is 0 Å². The molecule has 0 amide bonds. The molecule has 0 unspecified atom stereocenters. The molecule has 1 atom stereocenters. The number of carbonyl (C=O) groups excluding carboxylic acids is 2. The van der Waals surface area contributed by atoms with E-state index in [2.05, 4.69) is 4.90 Å². The Morgan fingerprint density at radius 3 is 2.76 bits per heavy atom. The summed E-state index contributed by atoms with van der Waals surface area (Å²) in [5, 5.41) is 11.1. The average molecular weight is 391 g/mol. The van der Waals surface area contributed by atoms with Gasteiger partial charge >= 0.3 is 0 Å². The quantitative estimate of drug-likeness (QED) is 0.692. The van der Waals surface area contributed by atoms with E-state index in [0.29, 0.717) is 54.3 Å². The highest BCUT2D eigenvalue weighted by atomic mass is 16.5. The highest BCUT2D eigenvalue weighted by molar-refractivity contribution is 6.54. The molecule has 0 saturated carbocycles. The summed E-state index contributed by atoms with van der Waals surface area (Å²) in [6, 6.07) is 9.62. The van der Waals surface area contributed by atoms with Gasteiger partial charge in [-0.15, -0.1) is 0 Å². The second-order valence-electron chi connectivity index (χ2n) is 7.69. The van der Waals surface area contributed by atoms with E-state index >= 15 is 0 Å². The molecule has 0 radical (unpaired) electrons. The van der Waals surface area contributed by atoms with Gasteiger partial charge < -0.3 is 14.3 Å². The van der Waals surface area contributed by atoms with Crippen molar-refractivity contribution in [3.63, 3.8) is 0 Å². The number of ketones is 2. The van der Waals surface area contributed by atoms with Crippen molar-refractivity contribution < 1.29 is 23.8 Å². The summed E-state index contributed by atoms with van der Waals surface area (Å²) >= 11 is 0. The summed E-state index contributed by atoms with van der Waals surface area (Å²) in [4.78, 5) is 28.3. The Balaban J connectivity index is 1.59. The van der Waals surface area contributed by atoms with Crippen LogP contribution >= 0.6 is 0 Å². The van der Waals surface area contributed by atoms with Gasteiger partial charge in [-0.2, -0.15) is 0 Å². The number of rotatable bonds is 3. The first-order valence-electron chi connectivity index (χ1n) is 9.75. The lowest BCUT2D eigenvalue weighted by molar-refractivity contribution is -0.0551. The van der Waals surface area contributed by atoms with Crippen LogP contribution in [0.4, 0.5) is 0 Å². The Hall–Kier alpha value is -2.80. The van der Waals surface area contributed by atoms with Crippen molar-refractivity contribution in [2.24, 2.45) is 0 Å². The second-order valence-corrected chi connectivity index (χ2v) is 7.69. The zero-order chi connectivity index (χ0) is 20.1. The number of aliphatic hydroxyl groups is 1. The molecule has 1 aromatic heterocycles. The minimum atomic E-state index is -0.516. The van der Waals surface area contributed by atoms with Crippen LogP contribution in [-0.4, -0.2) is 54.0 Å². The van der Waals surface area contributed by atoms with E-state index in [9.17, 15) is 14.7 Å². The van der Waals surface area contributed by atoms with Gasteiger partial charge in [-0.05, 0) is 29.3 Å². The highest BCUT2D eigenvalue weighted by Crippen LogP contribution is 2.40. The van der Waals surface area contributed by atoms with Crippen molar-refractivity contribution >= 4 is 22.3 Å². The summed E-state index contributed by atoms with van der Waals surface area (Å²) in [5.74, 6) is -0.534. The van der Waals surface area contributed by atoms with E-state index < -0.39 is 11.6 Å². The van der Waals surface area contributed by atoms with Gasteiger partial charge in [-0.3, -0.25) is 14.5 Å². The van der Waals surface area contributed by atoms with Crippen molar-refractivity contribution in [1.82, 2.24) is 4.90 Å². The number of morpholine rings is 1. The van der Waals surface area contributed by atoms with Crippen LogP contribution in [0.5, 0.6) is 0 Å². The Bertz CT molecular complexity index is 1150. The number of furan rings is 1. The van der Waals surface area contributed by atoms with E-state index in [0.717, 1.165) is 16.3 Å². The number of hydrogen-bond acceptors (Lipinski definition) is 6. The van der Waals surface area contributed by atoms with Crippen molar-refractivity contribution in [3.05, 3.63) is 58.8 Å². The third kappa shape index (κ3) is 2.83. The lowest BCUT2D eigenvalue weighted by Crippen LogP contribution is -2.43. The molecule has 1 aliphatic carbocycles. The number of benzene rings is 2. The molecule has 1 aliphatic heterocycles. The third-order valence-electron chi connectivity index (χ3n) is 5.87. The summed E-state index contributed by atoms with van der Waals surface area (Å²) in [6.07, 6.45) is 1.34. The maximum Gasteiger partial charge on any atom is 0.237 e. The van der Waals surface area contributed by atoms with Crippen LogP contribution in [0.15, 0.2) is 41.0 Å². The summed E-state index contributed by atoms with van der Waals surface area (Å²) in [6.45, 7) is 4.20. The molecule has 0 bridgehead atoms. The smallest absolute Gasteiger partial charge is 0.237 e.